The number of phenols is 1. The molecule has 0 fully saturated rings. The van der Waals surface area contributed by atoms with Crippen LogP contribution in [-0.2, 0) is 64.0 Å². The third-order valence-corrected chi connectivity index (χ3v) is 14.0. The summed E-state index contributed by atoms with van der Waals surface area (Å²) in [4.78, 5) is 174. The normalized spacial score (nSPS) is 14.6. The molecule has 0 aliphatic carbocycles. The first kappa shape index (κ1) is 80.4. The summed E-state index contributed by atoms with van der Waals surface area (Å²) in [6, 6.07) is -8.56. The molecule has 1 aromatic rings. The van der Waals surface area contributed by atoms with E-state index in [4.69, 9.17) is 45.9 Å². The smallest absolute Gasteiger partial charge is 0.305 e. The number of primary amides is 1. The second kappa shape index (κ2) is 41.7. The van der Waals surface area contributed by atoms with Crippen LogP contribution in [-0.4, -0.2) is 184 Å². The monoisotopic (exact) mass is 1300 g/mol. The number of nitrogens with two attached hydrogens (primary N) is 8. The van der Waals surface area contributed by atoms with Crippen LogP contribution in [0.25, 0.3) is 0 Å². The summed E-state index contributed by atoms with van der Waals surface area (Å²) in [6.45, 7) is 11.7. The Bertz CT molecular complexity index is 2740. The van der Waals surface area contributed by atoms with Crippen molar-refractivity contribution < 1.29 is 72.9 Å². The highest BCUT2D eigenvalue weighted by atomic mass is 16.4. The van der Waals surface area contributed by atoms with Gasteiger partial charge >= 0.3 is 11.9 Å². The lowest BCUT2D eigenvalue weighted by atomic mass is 9.97. The topological polar surface area (TPSA) is 619 Å². The minimum absolute atomic E-state index is 0.0314. The Kier molecular flexibility index (Phi) is 36.4. The molecule has 1 aromatic carbocycles. The molecule has 0 bridgehead atoms. The molecule has 1 rings (SSSR count). The lowest BCUT2D eigenvalue weighted by Gasteiger charge is -2.29. The van der Waals surface area contributed by atoms with Crippen LogP contribution < -0.4 is 93.7 Å². The Hall–Kier alpha value is -9.57. The second-order valence-electron chi connectivity index (χ2n) is 23.0. The van der Waals surface area contributed by atoms with Gasteiger partial charge in [0, 0.05) is 32.5 Å². The van der Waals surface area contributed by atoms with Crippen molar-refractivity contribution in [3.63, 3.8) is 0 Å². The van der Waals surface area contributed by atoms with Crippen LogP contribution in [0.2, 0.25) is 0 Å². The molecule has 0 aliphatic heterocycles. The number of amides is 10. The first-order valence-electron chi connectivity index (χ1n) is 30.2. The number of nitrogens with one attached hydrogen (secondary N) is 9. The molecule has 0 aromatic heterocycles. The molecule has 0 spiro atoms. The molecule has 516 valence electrons. The first-order valence-corrected chi connectivity index (χ1v) is 30.2. The molecule has 11 atom stereocenters. The number of hydrogen-bond donors (Lipinski definition) is 20. The van der Waals surface area contributed by atoms with E-state index in [-0.39, 0.29) is 119 Å². The highest BCUT2D eigenvalue weighted by Crippen LogP contribution is 2.15. The molecular formula is C57H98N20O15. The van der Waals surface area contributed by atoms with Crippen molar-refractivity contribution in [1.29, 1.82) is 0 Å². The number of benzene rings is 1. The van der Waals surface area contributed by atoms with E-state index < -0.39 is 157 Å². The number of nitrogens with zero attached hydrogens (tertiary/aromatic N) is 3. The van der Waals surface area contributed by atoms with Gasteiger partial charge in [-0.2, -0.15) is 0 Å². The maximum absolute atomic E-state index is 14.4. The van der Waals surface area contributed by atoms with Crippen LogP contribution in [0, 0.1) is 17.8 Å². The largest absolute Gasteiger partial charge is 0.508 e. The lowest BCUT2D eigenvalue weighted by Crippen LogP contribution is -2.61. The number of aromatic hydroxyl groups is 1. The third kappa shape index (κ3) is 32.8. The average molecular weight is 1300 g/mol. The predicted molar refractivity (Wildman–Crippen MR) is 339 cm³/mol. The molecule has 0 radical (unpaired) electrons. The molecule has 0 saturated heterocycles. The van der Waals surface area contributed by atoms with Gasteiger partial charge in [-0.25, -0.2) is 0 Å². The number of carbonyl (C=O) groups is 12. The van der Waals surface area contributed by atoms with Gasteiger partial charge in [0.25, 0.3) is 0 Å². The Morgan fingerprint density at radius 1 is 0.446 bits per heavy atom. The molecule has 11 unspecified atom stereocenters. The average Bonchev–Trinajstić information content (AvgIpc) is 0.915. The van der Waals surface area contributed by atoms with Crippen LogP contribution in [0.4, 0.5) is 0 Å². The summed E-state index contributed by atoms with van der Waals surface area (Å²) in [5, 5.41) is 51.6. The summed E-state index contributed by atoms with van der Waals surface area (Å²) < 4.78 is 0. The van der Waals surface area contributed by atoms with E-state index in [9.17, 15) is 72.9 Å². The zero-order valence-corrected chi connectivity index (χ0v) is 53.3. The van der Waals surface area contributed by atoms with E-state index in [0.29, 0.717) is 5.56 Å². The van der Waals surface area contributed by atoms with Crippen molar-refractivity contribution in [2.45, 2.75) is 192 Å². The summed E-state index contributed by atoms with van der Waals surface area (Å²) in [5.74, 6) is -14.2. The Morgan fingerprint density at radius 2 is 0.826 bits per heavy atom. The first-order chi connectivity index (χ1) is 43.0. The van der Waals surface area contributed by atoms with Gasteiger partial charge in [-0.05, 0) is 100 Å². The van der Waals surface area contributed by atoms with E-state index in [1.165, 1.54) is 31.2 Å². The zero-order chi connectivity index (χ0) is 69.9. The molecule has 0 aliphatic rings. The molecule has 0 heterocycles. The predicted octanol–water partition coefficient (Wildman–Crippen LogP) is -5.23. The Balaban J connectivity index is 3.53. The SMILES string of the molecule is CCC(C)C(NC(=O)C(CCCN=C(N)N)NC(=O)C(CC(C)C)NC(=O)C(CC(=O)O)NC(=O)C(CCC(=O)O)NC(=O)C(N)CCCN=C(N)N)C(=O)NC(C)C(=O)NC(CC(C)C)C(=O)NC(CCCN=C(N)N)C(=O)NC(Cc1ccc(O)cc1)C(N)=O. The molecule has 28 N–H and O–H groups in total. The standard InChI is InChI=1S/C57H98N20O15/c1-8-30(6)44(54(92)69-31(7)46(84)74-39(24-28(2)3)51(89)71-35(13-10-22-67-56(62)63)48(86)73-38(45(59)83)26-32-15-17-33(78)18-16-32)77-50(88)36(14-11-23-68-57(64)65)72-52(90)40(25-29(4)5)75-53(91)41(27-43(81)82)76-49(87)37(19-20-42(79)80)70-47(85)34(58)12-9-21-66-55(60)61/h15-18,28-31,34-41,44,78H,8-14,19-27,58H2,1-7H3,(H2,59,83)(H,69,92)(H,70,85)(H,71,89)(H,72,90)(H,73,86)(H,74,84)(H,75,91)(H,76,87)(H,77,88)(H,79,80)(H,81,82)(H4,60,61,66)(H4,62,63,67)(H4,64,65,68). The number of carboxylic acids is 2. The van der Waals surface area contributed by atoms with E-state index in [1.54, 1.807) is 41.5 Å². The van der Waals surface area contributed by atoms with Gasteiger partial charge in [0.1, 0.15) is 60.1 Å². The lowest BCUT2D eigenvalue weighted by molar-refractivity contribution is -0.141. The number of guanidine groups is 3. The highest BCUT2D eigenvalue weighted by Gasteiger charge is 2.37. The number of aliphatic carboxylic acids is 2. The van der Waals surface area contributed by atoms with Gasteiger partial charge in [-0.15, -0.1) is 0 Å². The minimum atomic E-state index is -1.92. The van der Waals surface area contributed by atoms with Gasteiger partial charge in [0.15, 0.2) is 17.9 Å². The molecular weight excluding hydrogens is 1200 g/mol. The van der Waals surface area contributed by atoms with Crippen molar-refractivity contribution in [2.75, 3.05) is 19.6 Å². The number of phenolic OH excluding ortho intramolecular Hbond substituents is 1. The van der Waals surface area contributed by atoms with Gasteiger partial charge in [0.2, 0.25) is 59.1 Å². The fourth-order valence-electron chi connectivity index (χ4n) is 8.87. The number of carboxylic acid groups (broad SMARTS) is 2. The maximum Gasteiger partial charge on any atom is 0.305 e. The third-order valence-electron chi connectivity index (χ3n) is 14.0. The second-order valence-corrected chi connectivity index (χ2v) is 23.0. The van der Waals surface area contributed by atoms with E-state index in [1.807, 2.05) is 0 Å². The minimum Gasteiger partial charge on any atom is -0.508 e. The summed E-state index contributed by atoms with van der Waals surface area (Å²) in [7, 11) is 0. The van der Waals surface area contributed by atoms with Crippen LogP contribution in [0.15, 0.2) is 39.2 Å². The van der Waals surface area contributed by atoms with Crippen molar-refractivity contribution in [1.82, 2.24) is 47.9 Å². The Morgan fingerprint density at radius 3 is 1.25 bits per heavy atom. The number of hydrogen-bond acceptors (Lipinski definition) is 17. The molecule has 10 amide bonds. The van der Waals surface area contributed by atoms with Crippen molar-refractivity contribution in [3.8, 4) is 5.75 Å². The fraction of sp³-hybridized carbons (Fsp3) is 0.632. The van der Waals surface area contributed by atoms with E-state index in [0.717, 1.165) is 0 Å². The quantitative estimate of drug-likeness (QED) is 0.0165. The van der Waals surface area contributed by atoms with Crippen LogP contribution in [0.3, 0.4) is 0 Å². The van der Waals surface area contributed by atoms with Gasteiger partial charge in [-0.3, -0.25) is 72.5 Å². The zero-order valence-electron chi connectivity index (χ0n) is 53.3. The molecule has 92 heavy (non-hydrogen) atoms. The number of rotatable bonds is 44. The molecule has 0 saturated carbocycles. The fourth-order valence-corrected chi connectivity index (χ4v) is 8.87. The number of aliphatic imine (C=N–C) groups is 3. The van der Waals surface area contributed by atoms with Crippen molar-refractivity contribution in [3.05, 3.63) is 29.8 Å². The number of carbonyl (C=O) groups excluding carboxylic acids is 10. The summed E-state index contributed by atoms with van der Waals surface area (Å²) in [5.41, 5.74) is 44.9. The molecule has 35 nitrogen and oxygen atoms in total. The maximum atomic E-state index is 14.4. The van der Waals surface area contributed by atoms with Gasteiger partial charge in [0.05, 0.1) is 12.5 Å². The highest BCUT2D eigenvalue weighted by molar-refractivity contribution is 5.99. The van der Waals surface area contributed by atoms with Crippen LogP contribution >= 0.6 is 0 Å². The van der Waals surface area contributed by atoms with Gasteiger partial charge < -0.3 is 109 Å². The van der Waals surface area contributed by atoms with Gasteiger partial charge in [-0.1, -0.05) is 60.1 Å². The van der Waals surface area contributed by atoms with Crippen LogP contribution in [0.1, 0.15) is 131 Å². The molecule has 35 heteroatoms. The summed E-state index contributed by atoms with van der Waals surface area (Å²) >= 11 is 0. The van der Waals surface area contributed by atoms with E-state index in [2.05, 4.69) is 62.8 Å². The Labute approximate surface area is 534 Å². The van der Waals surface area contributed by atoms with Crippen molar-refractivity contribution >= 4 is 88.9 Å². The van der Waals surface area contributed by atoms with Crippen molar-refractivity contribution in [2.24, 2.45) is 78.6 Å². The van der Waals surface area contributed by atoms with E-state index >= 15 is 0 Å². The summed E-state index contributed by atoms with van der Waals surface area (Å²) in [6.07, 6.45) is -1.80. The van der Waals surface area contributed by atoms with Crippen LogP contribution in [0.5, 0.6) is 5.75 Å².